The molecule has 3 rings (SSSR count). The highest BCUT2D eigenvalue weighted by molar-refractivity contribution is 5.83. The van der Waals surface area contributed by atoms with Crippen LogP contribution in [0.4, 0.5) is 11.4 Å². The van der Waals surface area contributed by atoms with Crippen LogP contribution in [0.25, 0.3) is 0 Å². The molecule has 0 saturated carbocycles. The molecular weight excluding hydrogens is 286 g/mol. The van der Waals surface area contributed by atoms with Crippen LogP contribution in [0.1, 0.15) is 43.9 Å². The first kappa shape index (κ1) is 16.3. The number of ketones is 1. The number of hydrogen-bond acceptors (Lipinski definition) is 4. The van der Waals surface area contributed by atoms with Gasteiger partial charge in [-0.05, 0) is 42.0 Å². The first-order valence-electron chi connectivity index (χ1n) is 8.82. The molecule has 2 heterocycles. The molecule has 0 aliphatic carbocycles. The average Bonchev–Trinajstić information content (AvgIpc) is 2.53. The molecule has 2 N–H and O–H groups in total. The van der Waals surface area contributed by atoms with Crippen molar-refractivity contribution < 1.29 is 4.79 Å². The van der Waals surface area contributed by atoms with Gasteiger partial charge in [-0.3, -0.25) is 9.69 Å². The maximum atomic E-state index is 12.6. The van der Waals surface area contributed by atoms with Gasteiger partial charge in [-0.1, -0.05) is 13.8 Å². The molecule has 1 aromatic rings. The topological polar surface area (TPSA) is 44.4 Å². The maximum Gasteiger partial charge on any atom is 0.139 e. The van der Waals surface area contributed by atoms with E-state index in [4.69, 9.17) is 0 Å². The third-order valence-electron chi connectivity index (χ3n) is 5.35. The maximum absolute atomic E-state index is 12.6. The van der Waals surface area contributed by atoms with E-state index in [2.05, 4.69) is 41.5 Å². The van der Waals surface area contributed by atoms with Crippen molar-refractivity contribution in [1.29, 1.82) is 0 Å². The number of carbonyl (C=O) groups excluding carboxylic acids is 1. The van der Waals surface area contributed by atoms with Gasteiger partial charge in [-0.15, -0.1) is 0 Å². The highest BCUT2D eigenvalue weighted by Gasteiger charge is 2.38. The van der Waals surface area contributed by atoms with Gasteiger partial charge in [0.2, 0.25) is 0 Å². The summed E-state index contributed by atoms with van der Waals surface area (Å²) < 4.78 is 0. The number of nitrogens with zero attached hydrogens (tertiary/aromatic N) is 1. The zero-order valence-electron chi connectivity index (χ0n) is 14.8. The Balaban J connectivity index is 1.89. The molecule has 0 amide bonds. The van der Waals surface area contributed by atoms with E-state index in [-0.39, 0.29) is 12.0 Å². The van der Waals surface area contributed by atoms with Crippen LogP contribution in [-0.2, 0) is 11.2 Å². The molecule has 2 aliphatic heterocycles. The monoisotopic (exact) mass is 315 g/mol. The van der Waals surface area contributed by atoms with Gasteiger partial charge in [-0.25, -0.2) is 0 Å². The van der Waals surface area contributed by atoms with Crippen LogP contribution < -0.4 is 10.6 Å². The Bertz CT molecular complexity index is 597. The first-order valence-corrected chi connectivity index (χ1v) is 8.82. The predicted octanol–water partition coefficient (Wildman–Crippen LogP) is 3.30. The van der Waals surface area contributed by atoms with Crippen LogP contribution in [0.15, 0.2) is 12.1 Å². The van der Waals surface area contributed by atoms with Gasteiger partial charge in [0.1, 0.15) is 5.78 Å². The van der Waals surface area contributed by atoms with Crippen molar-refractivity contribution in [3.63, 3.8) is 0 Å². The second-order valence-corrected chi connectivity index (χ2v) is 7.35. The van der Waals surface area contributed by atoms with Crippen molar-refractivity contribution in [1.82, 2.24) is 4.90 Å². The highest BCUT2D eigenvalue weighted by Crippen LogP contribution is 2.41. The molecule has 0 radical (unpaired) electrons. The molecule has 0 aromatic heterocycles. The third-order valence-corrected chi connectivity index (χ3v) is 5.35. The Morgan fingerprint density at radius 2 is 1.91 bits per heavy atom. The number of Topliss-reactive ketones (excluding diaryl/α,β-unsaturated/α-hetero) is 1. The lowest BCUT2D eigenvalue weighted by Gasteiger charge is -2.43. The predicted molar refractivity (Wildman–Crippen MR) is 96.1 cm³/mol. The number of fused-ring (bicyclic) bond motifs is 3. The number of benzene rings is 1. The second-order valence-electron chi connectivity index (χ2n) is 7.35. The van der Waals surface area contributed by atoms with E-state index < -0.39 is 0 Å². The summed E-state index contributed by atoms with van der Waals surface area (Å²) in [5.74, 6) is 1.27. The fraction of sp³-hybridized carbons (Fsp3) is 0.632. The molecule has 4 nitrogen and oxygen atoms in total. The van der Waals surface area contributed by atoms with Gasteiger partial charge in [0.25, 0.3) is 0 Å². The number of carbonyl (C=O) groups is 1. The lowest BCUT2D eigenvalue weighted by Crippen LogP contribution is -2.46. The summed E-state index contributed by atoms with van der Waals surface area (Å²) in [6.45, 7) is 6.43. The summed E-state index contributed by atoms with van der Waals surface area (Å²) in [6, 6.07) is 4.77. The average molecular weight is 315 g/mol. The van der Waals surface area contributed by atoms with Gasteiger partial charge in [0, 0.05) is 45.6 Å². The normalized spacial score (nSPS) is 24.3. The molecule has 0 spiro atoms. The van der Waals surface area contributed by atoms with E-state index >= 15 is 0 Å². The molecule has 1 saturated heterocycles. The fourth-order valence-electron chi connectivity index (χ4n) is 4.19. The van der Waals surface area contributed by atoms with Gasteiger partial charge in [0.15, 0.2) is 0 Å². The van der Waals surface area contributed by atoms with Gasteiger partial charge < -0.3 is 10.6 Å². The van der Waals surface area contributed by atoms with Crippen LogP contribution in [0.3, 0.4) is 0 Å². The summed E-state index contributed by atoms with van der Waals surface area (Å²) in [4.78, 5) is 15.2. The molecule has 126 valence electrons. The minimum Gasteiger partial charge on any atom is -0.386 e. The van der Waals surface area contributed by atoms with Crippen molar-refractivity contribution in [3.8, 4) is 0 Å². The molecular formula is C19H29N3O. The van der Waals surface area contributed by atoms with Crippen molar-refractivity contribution in [2.24, 2.45) is 11.8 Å². The molecule has 1 aromatic carbocycles. The molecule has 0 bridgehead atoms. The Morgan fingerprint density at radius 1 is 1.22 bits per heavy atom. The Kier molecular flexibility index (Phi) is 4.62. The third kappa shape index (κ3) is 3.09. The fourth-order valence-corrected chi connectivity index (χ4v) is 4.19. The minimum atomic E-state index is 0.230. The van der Waals surface area contributed by atoms with Crippen molar-refractivity contribution in [2.45, 2.75) is 39.2 Å². The molecule has 2 aliphatic rings. The van der Waals surface area contributed by atoms with Crippen LogP contribution in [0.2, 0.25) is 0 Å². The smallest absolute Gasteiger partial charge is 0.139 e. The molecule has 2 unspecified atom stereocenters. The minimum absolute atomic E-state index is 0.230. The zero-order chi connectivity index (χ0) is 16.6. The summed E-state index contributed by atoms with van der Waals surface area (Å²) in [7, 11) is 3.91. The lowest BCUT2D eigenvalue weighted by molar-refractivity contribution is -0.129. The second kappa shape index (κ2) is 6.52. The highest BCUT2D eigenvalue weighted by atomic mass is 16.1. The zero-order valence-corrected chi connectivity index (χ0v) is 14.8. The van der Waals surface area contributed by atoms with E-state index in [1.807, 2.05) is 14.1 Å². The SMILES string of the molecule is CNc1cc2c(cc1NC)C1CC(=O)C(CC(C)C)CN1CC2. The first-order chi connectivity index (χ1) is 11.0. The van der Waals surface area contributed by atoms with Gasteiger partial charge in [-0.2, -0.15) is 0 Å². The standard InChI is InChI=1S/C19H29N3O/c1-12(2)7-14-11-22-6-5-13-8-16(20-3)17(21-4)9-15(13)18(22)10-19(14)23/h8-9,12,14,18,20-21H,5-7,10-11H2,1-4H3. The van der Waals surface area contributed by atoms with E-state index in [0.29, 0.717) is 18.1 Å². The summed E-state index contributed by atoms with van der Waals surface area (Å²) in [5.41, 5.74) is 4.99. The number of anilines is 2. The van der Waals surface area contributed by atoms with E-state index in [1.54, 1.807) is 0 Å². The molecule has 23 heavy (non-hydrogen) atoms. The van der Waals surface area contributed by atoms with E-state index in [9.17, 15) is 4.79 Å². The molecule has 2 atom stereocenters. The summed E-state index contributed by atoms with van der Waals surface area (Å²) in [6.07, 6.45) is 2.77. The van der Waals surface area contributed by atoms with Crippen LogP contribution in [-0.4, -0.2) is 37.9 Å². The Hall–Kier alpha value is -1.55. The van der Waals surface area contributed by atoms with Crippen molar-refractivity contribution in [3.05, 3.63) is 23.3 Å². The lowest BCUT2D eigenvalue weighted by atomic mass is 9.80. The number of piperidine rings is 1. The molecule has 1 fully saturated rings. The number of nitrogens with one attached hydrogen (secondary N) is 2. The quantitative estimate of drug-likeness (QED) is 0.895. The van der Waals surface area contributed by atoms with Gasteiger partial charge in [0.05, 0.1) is 11.4 Å². The molecule has 4 heteroatoms. The van der Waals surface area contributed by atoms with Crippen LogP contribution >= 0.6 is 0 Å². The van der Waals surface area contributed by atoms with Crippen molar-refractivity contribution >= 4 is 17.2 Å². The van der Waals surface area contributed by atoms with E-state index in [1.165, 1.54) is 11.1 Å². The number of rotatable bonds is 4. The summed E-state index contributed by atoms with van der Waals surface area (Å²) >= 11 is 0. The van der Waals surface area contributed by atoms with Crippen LogP contribution in [0, 0.1) is 11.8 Å². The largest absolute Gasteiger partial charge is 0.386 e. The van der Waals surface area contributed by atoms with E-state index in [0.717, 1.165) is 37.3 Å². The van der Waals surface area contributed by atoms with Gasteiger partial charge >= 0.3 is 0 Å². The van der Waals surface area contributed by atoms with Crippen molar-refractivity contribution in [2.75, 3.05) is 37.8 Å². The number of hydrogen-bond donors (Lipinski definition) is 2. The van der Waals surface area contributed by atoms with Crippen LogP contribution in [0.5, 0.6) is 0 Å². The Labute approximate surface area is 139 Å². The summed E-state index contributed by atoms with van der Waals surface area (Å²) in [5, 5.41) is 6.54. The Morgan fingerprint density at radius 3 is 2.57 bits per heavy atom.